The van der Waals surface area contributed by atoms with Crippen molar-refractivity contribution in [1.29, 1.82) is 0 Å². The lowest BCUT2D eigenvalue weighted by Gasteiger charge is -2.14. The number of ether oxygens (including phenoxy) is 1. The first-order valence-corrected chi connectivity index (χ1v) is 10.2. The minimum atomic E-state index is -4.72. The fourth-order valence-corrected chi connectivity index (χ4v) is 4.08. The van der Waals surface area contributed by atoms with Gasteiger partial charge < -0.3 is 9.84 Å². The molecule has 31 heavy (non-hydrogen) atoms. The highest BCUT2D eigenvalue weighted by Gasteiger charge is 2.37. The van der Waals surface area contributed by atoms with Gasteiger partial charge in [0.15, 0.2) is 17.4 Å². The molecular formula is C21H15ClF6O2S. The first-order valence-electron chi connectivity index (χ1n) is 8.97. The summed E-state index contributed by atoms with van der Waals surface area (Å²) in [5, 5.41) is 10.4. The van der Waals surface area contributed by atoms with Crippen LogP contribution in [0.2, 0.25) is 5.02 Å². The van der Waals surface area contributed by atoms with Crippen molar-refractivity contribution >= 4 is 22.9 Å². The van der Waals surface area contributed by atoms with Crippen molar-refractivity contribution in [3.8, 4) is 16.9 Å². The van der Waals surface area contributed by atoms with Crippen molar-refractivity contribution in [3.05, 3.63) is 74.2 Å². The second kappa shape index (κ2) is 9.50. The molecule has 10 heteroatoms. The Hall–Kier alpha value is -2.23. The molecule has 0 fully saturated rings. The predicted octanol–water partition coefficient (Wildman–Crippen LogP) is 7.01. The molecule has 0 atom stereocenters. The SMILES string of the molecule is OCCCc1cc(F)c(OCc2c(-c3ccc(Cl)cc3)csc2C(F)(F)F)c(F)c1F. The van der Waals surface area contributed by atoms with Crippen LogP contribution in [0.25, 0.3) is 11.1 Å². The number of thiophene rings is 1. The fraction of sp³-hybridized carbons (Fsp3) is 0.238. The highest BCUT2D eigenvalue weighted by atomic mass is 35.5. The summed E-state index contributed by atoms with van der Waals surface area (Å²) in [6.45, 7) is -1.13. The van der Waals surface area contributed by atoms with Crippen molar-refractivity contribution in [2.45, 2.75) is 25.6 Å². The van der Waals surface area contributed by atoms with Crippen LogP contribution in [0.4, 0.5) is 26.3 Å². The standard InChI is InChI=1S/C21H15ClF6O2S/c22-13-5-3-11(4-6-13)15-10-31-20(21(26,27)28)14(15)9-30-19-16(23)8-12(2-1-7-29)17(24)18(19)25/h3-6,8,10,29H,1-2,7,9H2. The van der Waals surface area contributed by atoms with Gasteiger partial charge in [0.05, 0.1) is 0 Å². The van der Waals surface area contributed by atoms with Gasteiger partial charge in [-0.25, -0.2) is 8.78 Å². The molecule has 0 aliphatic heterocycles. The third kappa shape index (κ3) is 5.16. The maximum Gasteiger partial charge on any atom is 0.426 e. The van der Waals surface area contributed by atoms with Gasteiger partial charge in [-0.15, -0.1) is 11.3 Å². The van der Waals surface area contributed by atoms with Gasteiger partial charge in [-0.3, -0.25) is 0 Å². The Bertz CT molecular complexity index is 1060. The topological polar surface area (TPSA) is 29.5 Å². The van der Waals surface area contributed by atoms with Crippen LogP contribution in [0.1, 0.15) is 22.4 Å². The summed E-state index contributed by atoms with van der Waals surface area (Å²) in [5.41, 5.74) is -0.0655. The minimum Gasteiger partial charge on any atom is -0.483 e. The van der Waals surface area contributed by atoms with Crippen molar-refractivity contribution in [2.24, 2.45) is 0 Å². The first-order chi connectivity index (χ1) is 14.6. The van der Waals surface area contributed by atoms with Crippen LogP contribution >= 0.6 is 22.9 Å². The third-order valence-corrected chi connectivity index (χ3v) is 5.78. The average Bonchev–Trinajstić information content (AvgIpc) is 3.14. The fourth-order valence-electron chi connectivity index (χ4n) is 2.99. The van der Waals surface area contributed by atoms with Crippen molar-refractivity contribution in [1.82, 2.24) is 0 Å². The van der Waals surface area contributed by atoms with Crippen molar-refractivity contribution in [3.63, 3.8) is 0 Å². The smallest absolute Gasteiger partial charge is 0.426 e. The molecule has 1 heterocycles. The summed E-state index contributed by atoms with van der Waals surface area (Å²) in [6, 6.07) is 6.70. The van der Waals surface area contributed by atoms with Gasteiger partial charge in [0.25, 0.3) is 0 Å². The van der Waals surface area contributed by atoms with Gasteiger partial charge in [0.1, 0.15) is 11.5 Å². The van der Waals surface area contributed by atoms with E-state index < -0.39 is 40.9 Å². The van der Waals surface area contributed by atoms with Gasteiger partial charge in [-0.2, -0.15) is 17.6 Å². The van der Waals surface area contributed by atoms with Crippen LogP contribution in [0.5, 0.6) is 5.75 Å². The number of aliphatic hydroxyl groups is 1. The van der Waals surface area contributed by atoms with E-state index in [4.69, 9.17) is 21.4 Å². The average molecular weight is 481 g/mol. The van der Waals surface area contributed by atoms with Crippen LogP contribution in [0.3, 0.4) is 0 Å². The maximum atomic E-state index is 14.3. The van der Waals surface area contributed by atoms with Crippen molar-refractivity contribution < 1.29 is 36.2 Å². The summed E-state index contributed by atoms with van der Waals surface area (Å²) in [5.74, 6) is -5.36. The van der Waals surface area contributed by atoms with Crippen LogP contribution in [-0.2, 0) is 19.2 Å². The van der Waals surface area contributed by atoms with Gasteiger partial charge in [0.2, 0.25) is 5.82 Å². The lowest BCUT2D eigenvalue weighted by Crippen LogP contribution is -2.10. The van der Waals surface area contributed by atoms with Gasteiger partial charge in [0, 0.05) is 17.2 Å². The molecule has 0 unspecified atom stereocenters. The zero-order chi connectivity index (χ0) is 22.8. The Labute approximate surface area is 182 Å². The van der Waals surface area contributed by atoms with Crippen LogP contribution < -0.4 is 4.74 Å². The number of rotatable bonds is 7. The van der Waals surface area contributed by atoms with Crippen LogP contribution in [0.15, 0.2) is 35.7 Å². The highest BCUT2D eigenvalue weighted by Crippen LogP contribution is 2.42. The number of benzene rings is 2. The summed E-state index contributed by atoms with van der Waals surface area (Å²) in [7, 11) is 0. The Morgan fingerprint density at radius 3 is 2.32 bits per heavy atom. The summed E-state index contributed by atoms with van der Waals surface area (Å²) >= 11 is 6.23. The lowest BCUT2D eigenvalue weighted by molar-refractivity contribution is -0.135. The molecule has 3 rings (SSSR count). The number of alkyl halides is 3. The van der Waals surface area contributed by atoms with E-state index in [2.05, 4.69) is 0 Å². The molecule has 0 bridgehead atoms. The molecule has 3 aromatic rings. The van der Waals surface area contributed by atoms with E-state index in [1.54, 1.807) is 0 Å². The third-order valence-electron chi connectivity index (χ3n) is 4.46. The summed E-state index contributed by atoms with van der Waals surface area (Å²) < 4.78 is 88.3. The molecule has 0 radical (unpaired) electrons. The molecule has 0 spiro atoms. The molecule has 0 aliphatic carbocycles. The molecule has 0 saturated heterocycles. The highest BCUT2D eigenvalue weighted by molar-refractivity contribution is 7.10. The molecule has 2 aromatic carbocycles. The zero-order valence-electron chi connectivity index (χ0n) is 15.7. The van der Waals surface area contributed by atoms with Crippen LogP contribution in [-0.4, -0.2) is 11.7 Å². The van der Waals surface area contributed by atoms with E-state index >= 15 is 0 Å². The largest absolute Gasteiger partial charge is 0.483 e. The number of halogens is 7. The zero-order valence-corrected chi connectivity index (χ0v) is 17.3. The Kier molecular flexibility index (Phi) is 7.18. The van der Waals surface area contributed by atoms with Crippen molar-refractivity contribution in [2.75, 3.05) is 6.61 Å². The molecule has 2 nitrogen and oxygen atoms in total. The van der Waals surface area contributed by atoms with Gasteiger partial charge in [-0.1, -0.05) is 23.7 Å². The second-order valence-electron chi connectivity index (χ2n) is 6.55. The van der Waals surface area contributed by atoms with Crippen LogP contribution in [0, 0.1) is 17.5 Å². The monoisotopic (exact) mass is 480 g/mol. The summed E-state index contributed by atoms with van der Waals surface area (Å²) in [4.78, 5) is -0.988. The maximum absolute atomic E-state index is 14.3. The Balaban J connectivity index is 1.97. The molecule has 0 saturated carbocycles. The quantitative estimate of drug-likeness (QED) is 0.291. The lowest BCUT2D eigenvalue weighted by atomic mass is 10.0. The molecule has 0 aliphatic rings. The normalized spacial score (nSPS) is 11.7. The van der Waals surface area contributed by atoms with E-state index in [1.807, 2.05) is 0 Å². The van der Waals surface area contributed by atoms with E-state index in [9.17, 15) is 26.3 Å². The van der Waals surface area contributed by atoms with E-state index in [0.717, 1.165) is 0 Å². The number of hydrogen-bond acceptors (Lipinski definition) is 3. The van der Waals surface area contributed by atoms with E-state index in [0.29, 0.717) is 28.0 Å². The predicted molar refractivity (Wildman–Crippen MR) is 106 cm³/mol. The summed E-state index contributed by atoms with van der Waals surface area (Å²) in [6.07, 6.45) is -4.74. The number of aliphatic hydroxyl groups excluding tert-OH is 1. The molecular weight excluding hydrogens is 466 g/mol. The number of hydrogen-bond donors (Lipinski definition) is 1. The molecule has 166 valence electrons. The molecule has 0 amide bonds. The minimum absolute atomic E-state index is 0.0876. The second-order valence-corrected chi connectivity index (χ2v) is 7.87. The van der Waals surface area contributed by atoms with Gasteiger partial charge in [-0.05, 0) is 53.1 Å². The van der Waals surface area contributed by atoms with E-state index in [-0.39, 0.29) is 36.1 Å². The Morgan fingerprint density at radius 2 is 1.71 bits per heavy atom. The Morgan fingerprint density at radius 1 is 1.03 bits per heavy atom. The first kappa shape index (κ1) is 23.4. The number of aryl methyl sites for hydroxylation is 1. The molecule has 1 aromatic heterocycles. The van der Waals surface area contributed by atoms with Gasteiger partial charge >= 0.3 is 6.18 Å². The van der Waals surface area contributed by atoms with E-state index in [1.165, 1.54) is 29.6 Å². The molecule has 1 N–H and O–H groups in total.